The fourth-order valence-electron chi connectivity index (χ4n) is 1.42. The highest BCUT2D eigenvalue weighted by molar-refractivity contribution is 8.47. The molecular weight excluding hydrogens is 322 g/mol. The molecule has 0 aliphatic rings. The molecule has 0 aromatic rings. The molecule has 0 aromatic carbocycles. The summed E-state index contributed by atoms with van der Waals surface area (Å²) in [4.78, 5) is 12.2. The average Bonchev–Trinajstić information content (AvgIpc) is 2.34. The second-order valence-corrected chi connectivity index (χ2v) is 9.96. The van der Waals surface area contributed by atoms with Gasteiger partial charge in [0.05, 0.1) is 10.9 Å². The Bertz CT molecular complexity index is 333. The molecular formula is C15H29NO2S3. The molecule has 0 saturated carbocycles. The Morgan fingerprint density at radius 2 is 1.95 bits per heavy atom. The van der Waals surface area contributed by atoms with Gasteiger partial charge in [-0.1, -0.05) is 44.8 Å². The van der Waals surface area contributed by atoms with Gasteiger partial charge in [0.2, 0.25) is 5.91 Å². The number of hydrogen-bond donors (Lipinski definition) is 1. The van der Waals surface area contributed by atoms with Crippen molar-refractivity contribution in [3.63, 3.8) is 0 Å². The van der Waals surface area contributed by atoms with Crippen molar-refractivity contribution in [2.75, 3.05) is 18.9 Å². The summed E-state index contributed by atoms with van der Waals surface area (Å²) in [6.45, 7) is 13.5. The molecule has 1 atom stereocenters. The fourth-order valence-corrected chi connectivity index (χ4v) is 4.43. The number of thiocarbonyl (C=S) groups is 1. The van der Waals surface area contributed by atoms with Crippen molar-refractivity contribution < 1.29 is 9.53 Å². The van der Waals surface area contributed by atoms with Gasteiger partial charge in [0.25, 0.3) is 0 Å². The molecule has 0 aliphatic carbocycles. The molecule has 1 unspecified atom stereocenters. The first kappa shape index (κ1) is 21.2. The minimum absolute atomic E-state index is 0.00543. The molecule has 3 nitrogen and oxygen atoms in total. The van der Waals surface area contributed by atoms with E-state index in [9.17, 15) is 4.79 Å². The van der Waals surface area contributed by atoms with E-state index in [-0.39, 0.29) is 12.0 Å². The Kier molecular flexibility index (Phi) is 11.0. The standard InChI is InChI=1S/C15H29NO2S3/c1-7-20-14(19)21-15(5,6)13(17)16-10-12(4)18-9-8-11(2)3/h11-12H,7-10H2,1-6H3,(H,16,17). The molecule has 0 aromatic heterocycles. The summed E-state index contributed by atoms with van der Waals surface area (Å²) >= 11 is 8.31. The normalized spacial score (nSPS) is 13.3. The van der Waals surface area contributed by atoms with Gasteiger partial charge >= 0.3 is 0 Å². The minimum Gasteiger partial charge on any atom is -0.377 e. The summed E-state index contributed by atoms with van der Waals surface area (Å²) in [5, 5.41) is 2.95. The van der Waals surface area contributed by atoms with Crippen LogP contribution in [0.4, 0.5) is 0 Å². The number of thioether (sulfide) groups is 2. The molecule has 0 aliphatic heterocycles. The second-order valence-electron chi connectivity index (χ2n) is 5.87. The molecule has 0 radical (unpaired) electrons. The van der Waals surface area contributed by atoms with Gasteiger partial charge in [0.1, 0.15) is 3.53 Å². The molecule has 21 heavy (non-hydrogen) atoms. The third-order valence-electron chi connectivity index (χ3n) is 2.80. The summed E-state index contributed by atoms with van der Waals surface area (Å²) in [5.41, 5.74) is 0. The molecule has 0 fully saturated rings. The van der Waals surface area contributed by atoms with E-state index in [4.69, 9.17) is 17.0 Å². The van der Waals surface area contributed by atoms with Crippen molar-refractivity contribution in [2.24, 2.45) is 5.92 Å². The molecule has 0 rings (SSSR count). The topological polar surface area (TPSA) is 38.3 Å². The number of hydrogen-bond acceptors (Lipinski definition) is 5. The molecule has 0 spiro atoms. The van der Waals surface area contributed by atoms with Crippen molar-refractivity contribution >= 4 is 45.2 Å². The first-order valence-corrected chi connectivity index (χ1v) is 9.65. The highest BCUT2D eigenvalue weighted by Gasteiger charge is 2.30. The van der Waals surface area contributed by atoms with Crippen LogP contribution in [-0.2, 0) is 9.53 Å². The van der Waals surface area contributed by atoms with E-state index >= 15 is 0 Å². The lowest BCUT2D eigenvalue weighted by atomic mass is 10.1. The van der Waals surface area contributed by atoms with Crippen LogP contribution in [0.1, 0.15) is 48.0 Å². The lowest BCUT2D eigenvalue weighted by Gasteiger charge is -2.24. The number of amides is 1. The van der Waals surface area contributed by atoms with E-state index in [0.717, 1.165) is 22.3 Å². The van der Waals surface area contributed by atoms with Gasteiger partial charge in [0.15, 0.2) is 0 Å². The molecule has 124 valence electrons. The average molecular weight is 352 g/mol. The summed E-state index contributed by atoms with van der Waals surface area (Å²) in [6, 6.07) is 0. The predicted molar refractivity (Wildman–Crippen MR) is 100 cm³/mol. The van der Waals surface area contributed by atoms with Crippen LogP contribution in [-0.4, -0.2) is 39.2 Å². The Morgan fingerprint density at radius 3 is 2.48 bits per heavy atom. The van der Waals surface area contributed by atoms with Gasteiger partial charge in [-0.3, -0.25) is 4.79 Å². The highest BCUT2D eigenvalue weighted by Crippen LogP contribution is 2.30. The maximum atomic E-state index is 12.2. The van der Waals surface area contributed by atoms with Crippen molar-refractivity contribution in [1.82, 2.24) is 5.32 Å². The maximum Gasteiger partial charge on any atom is 0.236 e. The van der Waals surface area contributed by atoms with Crippen molar-refractivity contribution in [3.05, 3.63) is 0 Å². The molecule has 1 amide bonds. The predicted octanol–water partition coefficient (Wildman–Crippen LogP) is 4.10. The lowest BCUT2D eigenvalue weighted by molar-refractivity contribution is -0.123. The zero-order valence-corrected chi connectivity index (χ0v) is 16.5. The van der Waals surface area contributed by atoms with E-state index in [0.29, 0.717) is 12.5 Å². The monoisotopic (exact) mass is 351 g/mol. The summed E-state index contributed by atoms with van der Waals surface area (Å²) in [5.74, 6) is 1.58. The molecule has 0 heterocycles. The summed E-state index contributed by atoms with van der Waals surface area (Å²) in [7, 11) is 0. The van der Waals surface area contributed by atoms with Crippen molar-refractivity contribution in [2.45, 2.75) is 58.8 Å². The van der Waals surface area contributed by atoms with E-state index in [1.807, 2.05) is 20.8 Å². The van der Waals surface area contributed by atoms with Crippen LogP contribution in [0, 0.1) is 5.92 Å². The third-order valence-corrected chi connectivity index (χ3v) is 5.39. The highest BCUT2D eigenvalue weighted by atomic mass is 32.2. The zero-order chi connectivity index (χ0) is 16.5. The van der Waals surface area contributed by atoms with Crippen LogP contribution in [0.5, 0.6) is 0 Å². The second kappa shape index (κ2) is 10.9. The number of rotatable bonds is 9. The number of nitrogens with one attached hydrogen (secondary N) is 1. The Balaban J connectivity index is 4.08. The molecule has 6 heteroatoms. The van der Waals surface area contributed by atoms with Crippen LogP contribution in [0.25, 0.3) is 0 Å². The van der Waals surface area contributed by atoms with Gasteiger partial charge < -0.3 is 10.1 Å². The third kappa shape index (κ3) is 10.6. The minimum atomic E-state index is -0.545. The Hall–Kier alpha value is 0.220. The van der Waals surface area contributed by atoms with Crippen molar-refractivity contribution in [1.29, 1.82) is 0 Å². The quantitative estimate of drug-likeness (QED) is 0.633. The van der Waals surface area contributed by atoms with Gasteiger partial charge in [-0.2, -0.15) is 0 Å². The number of ether oxygens (including phenoxy) is 1. The lowest BCUT2D eigenvalue weighted by Crippen LogP contribution is -2.43. The van der Waals surface area contributed by atoms with Gasteiger partial charge in [0, 0.05) is 13.2 Å². The van der Waals surface area contributed by atoms with Crippen molar-refractivity contribution in [3.8, 4) is 0 Å². The Morgan fingerprint density at radius 1 is 1.33 bits per heavy atom. The van der Waals surface area contributed by atoms with Crippen LogP contribution in [0.3, 0.4) is 0 Å². The molecule has 0 saturated heterocycles. The fraction of sp³-hybridized carbons (Fsp3) is 0.867. The van der Waals surface area contributed by atoms with Gasteiger partial charge in [-0.25, -0.2) is 0 Å². The van der Waals surface area contributed by atoms with Crippen LogP contribution in [0.2, 0.25) is 0 Å². The summed E-state index contributed by atoms with van der Waals surface area (Å²) in [6.07, 6.45) is 1.08. The first-order valence-electron chi connectivity index (χ1n) is 7.44. The van der Waals surface area contributed by atoms with E-state index in [1.165, 1.54) is 11.8 Å². The number of carbonyl (C=O) groups is 1. The summed E-state index contributed by atoms with van der Waals surface area (Å²) < 4.78 is 5.96. The van der Waals surface area contributed by atoms with E-state index < -0.39 is 4.75 Å². The first-order chi connectivity index (χ1) is 9.69. The van der Waals surface area contributed by atoms with Gasteiger partial charge in [-0.15, -0.1) is 11.8 Å². The molecule has 1 N–H and O–H groups in total. The maximum absolute atomic E-state index is 12.2. The van der Waals surface area contributed by atoms with Gasteiger partial charge in [-0.05, 0) is 38.9 Å². The van der Waals surface area contributed by atoms with E-state index in [1.54, 1.807) is 11.8 Å². The smallest absolute Gasteiger partial charge is 0.236 e. The van der Waals surface area contributed by atoms with Crippen LogP contribution in [0.15, 0.2) is 0 Å². The van der Waals surface area contributed by atoms with Crippen LogP contribution >= 0.6 is 35.7 Å². The van der Waals surface area contributed by atoms with E-state index in [2.05, 4.69) is 26.1 Å². The number of carbonyl (C=O) groups excluding carboxylic acids is 1. The SMILES string of the molecule is CCSC(=S)SC(C)(C)C(=O)NCC(C)OCCC(C)C. The Labute approximate surface area is 143 Å². The largest absolute Gasteiger partial charge is 0.377 e. The zero-order valence-electron chi connectivity index (χ0n) is 14.0. The molecule has 0 bridgehead atoms. The van der Waals surface area contributed by atoms with Crippen LogP contribution < -0.4 is 5.32 Å².